The first-order valence-corrected chi connectivity index (χ1v) is 9.25. The van der Waals surface area contributed by atoms with Gasteiger partial charge in [-0.2, -0.15) is 5.01 Å². The van der Waals surface area contributed by atoms with Crippen LogP contribution in [0.15, 0.2) is 47.1 Å². The highest BCUT2D eigenvalue weighted by atomic mass is 16.6. The van der Waals surface area contributed by atoms with Crippen molar-refractivity contribution in [3.8, 4) is 17.2 Å². The fourth-order valence-corrected chi connectivity index (χ4v) is 2.97. The van der Waals surface area contributed by atoms with Gasteiger partial charge in [-0.05, 0) is 31.2 Å². The van der Waals surface area contributed by atoms with Gasteiger partial charge in [0, 0.05) is 23.8 Å². The SMILES string of the molecule is CCOC1=NN(c2ccc([N+](=O)[O-])cc2)C(=O)/C1=C/c1cc(OC)c(OC)cc1OC. The molecule has 0 fully saturated rings. The first-order chi connectivity index (χ1) is 14.9. The number of amides is 1. The van der Waals surface area contributed by atoms with Gasteiger partial charge in [0.05, 0.1) is 38.5 Å². The van der Waals surface area contributed by atoms with E-state index in [1.807, 2.05) is 0 Å². The van der Waals surface area contributed by atoms with Gasteiger partial charge in [0.1, 0.15) is 11.3 Å². The first-order valence-electron chi connectivity index (χ1n) is 9.25. The molecule has 162 valence electrons. The van der Waals surface area contributed by atoms with Crippen LogP contribution < -0.4 is 19.2 Å². The molecule has 3 rings (SSSR count). The maximum atomic E-state index is 13.1. The lowest BCUT2D eigenvalue weighted by Crippen LogP contribution is -2.21. The lowest BCUT2D eigenvalue weighted by atomic mass is 10.1. The molecule has 10 nitrogen and oxygen atoms in total. The number of carbonyl (C=O) groups is 1. The van der Waals surface area contributed by atoms with E-state index in [0.29, 0.717) is 35.1 Å². The molecular weight excluding hydrogens is 406 g/mol. The Morgan fingerprint density at radius 3 is 2.19 bits per heavy atom. The number of anilines is 1. The minimum Gasteiger partial charge on any atom is -0.496 e. The summed E-state index contributed by atoms with van der Waals surface area (Å²) in [5.41, 5.74) is 1.04. The summed E-state index contributed by atoms with van der Waals surface area (Å²) in [4.78, 5) is 23.5. The third-order valence-corrected chi connectivity index (χ3v) is 4.47. The molecule has 0 saturated heterocycles. The van der Waals surface area contributed by atoms with Crippen molar-refractivity contribution >= 4 is 29.3 Å². The van der Waals surface area contributed by atoms with E-state index in [4.69, 9.17) is 18.9 Å². The smallest absolute Gasteiger partial charge is 0.284 e. The van der Waals surface area contributed by atoms with Crippen molar-refractivity contribution in [2.45, 2.75) is 6.92 Å². The highest BCUT2D eigenvalue weighted by Gasteiger charge is 2.33. The van der Waals surface area contributed by atoms with E-state index in [0.717, 1.165) is 5.01 Å². The molecule has 1 aliphatic heterocycles. The van der Waals surface area contributed by atoms with Gasteiger partial charge in [-0.3, -0.25) is 14.9 Å². The van der Waals surface area contributed by atoms with Crippen molar-refractivity contribution in [1.82, 2.24) is 0 Å². The average molecular weight is 427 g/mol. The largest absolute Gasteiger partial charge is 0.496 e. The number of nitrogens with zero attached hydrogens (tertiary/aromatic N) is 3. The maximum absolute atomic E-state index is 13.1. The molecular formula is C21H21N3O7. The number of nitro benzene ring substituents is 1. The monoisotopic (exact) mass is 427 g/mol. The lowest BCUT2D eigenvalue weighted by molar-refractivity contribution is -0.384. The Bertz CT molecular complexity index is 1060. The molecule has 0 aromatic heterocycles. The van der Waals surface area contributed by atoms with Gasteiger partial charge in [-0.15, -0.1) is 5.10 Å². The van der Waals surface area contributed by atoms with E-state index in [9.17, 15) is 14.9 Å². The maximum Gasteiger partial charge on any atom is 0.284 e. The fourth-order valence-electron chi connectivity index (χ4n) is 2.97. The number of hydrogen-bond acceptors (Lipinski definition) is 8. The van der Waals surface area contributed by atoms with Crippen LogP contribution in [0, 0.1) is 10.1 Å². The van der Waals surface area contributed by atoms with E-state index < -0.39 is 10.8 Å². The van der Waals surface area contributed by atoms with E-state index in [2.05, 4.69) is 5.10 Å². The summed E-state index contributed by atoms with van der Waals surface area (Å²) in [7, 11) is 4.52. The summed E-state index contributed by atoms with van der Waals surface area (Å²) in [6.07, 6.45) is 1.59. The van der Waals surface area contributed by atoms with Crippen molar-refractivity contribution < 1.29 is 28.7 Å². The second kappa shape index (κ2) is 9.16. The molecule has 2 aromatic rings. The van der Waals surface area contributed by atoms with E-state index in [1.165, 1.54) is 45.6 Å². The topological polar surface area (TPSA) is 113 Å². The molecule has 0 unspecified atom stereocenters. The van der Waals surface area contributed by atoms with Crippen LogP contribution in [0.1, 0.15) is 12.5 Å². The number of ether oxygens (including phenoxy) is 4. The third-order valence-electron chi connectivity index (χ3n) is 4.47. The Hall–Kier alpha value is -4.08. The first kappa shape index (κ1) is 21.6. The molecule has 2 aromatic carbocycles. The number of methoxy groups -OCH3 is 3. The van der Waals surface area contributed by atoms with Crippen LogP contribution in [-0.4, -0.2) is 44.7 Å². The van der Waals surface area contributed by atoms with Crippen LogP contribution in [0.3, 0.4) is 0 Å². The number of hydrogen-bond donors (Lipinski definition) is 0. The van der Waals surface area contributed by atoms with Crippen molar-refractivity contribution in [3.63, 3.8) is 0 Å². The van der Waals surface area contributed by atoms with Crippen LogP contribution in [0.5, 0.6) is 17.2 Å². The van der Waals surface area contributed by atoms with E-state index in [-0.39, 0.29) is 17.2 Å². The number of nitro groups is 1. The molecule has 0 atom stereocenters. The normalized spacial score (nSPS) is 14.5. The summed E-state index contributed by atoms with van der Waals surface area (Å²) in [5.74, 6) is 1.08. The Morgan fingerprint density at radius 2 is 1.65 bits per heavy atom. The Morgan fingerprint density at radius 1 is 1.03 bits per heavy atom. The summed E-state index contributed by atoms with van der Waals surface area (Å²) in [6, 6.07) is 8.83. The molecule has 0 aliphatic carbocycles. The molecule has 1 aliphatic rings. The van der Waals surface area contributed by atoms with Crippen LogP contribution in [0.4, 0.5) is 11.4 Å². The zero-order valence-corrected chi connectivity index (χ0v) is 17.4. The number of benzene rings is 2. The molecule has 10 heteroatoms. The van der Waals surface area contributed by atoms with Crippen molar-refractivity contribution in [3.05, 3.63) is 57.6 Å². The van der Waals surface area contributed by atoms with Crippen LogP contribution in [0.2, 0.25) is 0 Å². The summed E-state index contributed by atoms with van der Waals surface area (Å²) in [5, 5.41) is 16.3. The van der Waals surface area contributed by atoms with Gasteiger partial charge < -0.3 is 18.9 Å². The van der Waals surface area contributed by atoms with Gasteiger partial charge >= 0.3 is 0 Å². The molecule has 1 heterocycles. The minimum atomic E-state index is -0.515. The zero-order valence-electron chi connectivity index (χ0n) is 17.4. The fraction of sp³-hybridized carbons (Fsp3) is 0.238. The van der Waals surface area contributed by atoms with Gasteiger partial charge in [0.15, 0.2) is 11.5 Å². The number of hydrazone groups is 1. The second-order valence-corrected chi connectivity index (χ2v) is 6.24. The summed E-state index contributed by atoms with van der Waals surface area (Å²) >= 11 is 0. The zero-order chi connectivity index (χ0) is 22.5. The van der Waals surface area contributed by atoms with Gasteiger partial charge in [0.25, 0.3) is 11.6 Å². The van der Waals surface area contributed by atoms with Gasteiger partial charge in [-0.1, -0.05) is 0 Å². The Balaban J connectivity index is 2.04. The van der Waals surface area contributed by atoms with Crippen LogP contribution in [0.25, 0.3) is 6.08 Å². The molecule has 0 radical (unpaired) electrons. The van der Waals surface area contributed by atoms with E-state index >= 15 is 0 Å². The molecule has 0 spiro atoms. The van der Waals surface area contributed by atoms with Crippen LogP contribution >= 0.6 is 0 Å². The average Bonchev–Trinajstić information content (AvgIpc) is 3.08. The Kier molecular flexibility index (Phi) is 6.39. The molecule has 1 amide bonds. The van der Waals surface area contributed by atoms with Crippen molar-refractivity contribution in [2.75, 3.05) is 32.9 Å². The molecule has 0 saturated carbocycles. The van der Waals surface area contributed by atoms with Gasteiger partial charge in [0.2, 0.25) is 5.90 Å². The standard InChI is InChI=1S/C21H21N3O7/c1-5-31-20-16(10-13-11-18(29-3)19(30-4)12-17(13)28-2)21(25)23(22-20)14-6-8-15(9-7-14)24(26)27/h6-12H,5H2,1-4H3/b16-10+. The van der Waals surface area contributed by atoms with Gasteiger partial charge in [-0.25, -0.2) is 0 Å². The molecule has 31 heavy (non-hydrogen) atoms. The quantitative estimate of drug-likeness (QED) is 0.378. The van der Waals surface area contributed by atoms with Crippen LogP contribution in [-0.2, 0) is 9.53 Å². The number of rotatable bonds is 7. The van der Waals surface area contributed by atoms with Crippen molar-refractivity contribution in [1.29, 1.82) is 0 Å². The summed E-state index contributed by atoms with van der Waals surface area (Å²) in [6.45, 7) is 2.07. The third kappa shape index (κ3) is 4.27. The molecule has 0 bridgehead atoms. The Labute approximate surface area is 178 Å². The predicted molar refractivity (Wildman–Crippen MR) is 114 cm³/mol. The van der Waals surface area contributed by atoms with E-state index in [1.54, 1.807) is 25.1 Å². The number of non-ortho nitro benzene ring substituents is 1. The lowest BCUT2D eigenvalue weighted by Gasteiger charge is -2.13. The summed E-state index contributed by atoms with van der Waals surface area (Å²) < 4.78 is 21.6. The highest BCUT2D eigenvalue weighted by Crippen LogP contribution is 2.36. The minimum absolute atomic E-state index is 0.0877. The van der Waals surface area contributed by atoms with Crippen molar-refractivity contribution in [2.24, 2.45) is 5.10 Å². The highest BCUT2D eigenvalue weighted by molar-refractivity contribution is 6.30. The predicted octanol–water partition coefficient (Wildman–Crippen LogP) is 3.40. The second-order valence-electron chi connectivity index (χ2n) is 6.24. The molecule has 0 N–H and O–H groups in total. The number of carbonyl (C=O) groups excluding carboxylic acids is 1.